The zero-order valence-corrected chi connectivity index (χ0v) is 31.2. The molecule has 0 saturated carbocycles. The van der Waals surface area contributed by atoms with E-state index in [0.29, 0.717) is 23.0 Å². The van der Waals surface area contributed by atoms with Gasteiger partial charge in [-0.05, 0) is 87.0 Å². The van der Waals surface area contributed by atoms with Crippen molar-refractivity contribution in [2.75, 3.05) is 0 Å². The number of hydrogen-bond acceptors (Lipinski definition) is 5. The highest BCUT2D eigenvalue weighted by molar-refractivity contribution is 5.90. The number of hydrogen-bond donors (Lipinski definition) is 0. The van der Waals surface area contributed by atoms with Gasteiger partial charge in [0.25, 0.3) is 0 Å². The lowest BCUT2D eigenvalue weighted by Crippen LogP contribution is -2.32. The molecule has 9 aromatic rings. The van der Waals surface area contributed by atoms with Crippen LogP contribution in [0.1, 0.15) is 27.8 Å². The van der Waals surface area contributed by atoms with Gasteiger partial charge in [0.05, 0.1) is 17.0 Å². The molecule has 5 heteroatoms. The monoisotopic (exact) mass is 740 g/mol. The van der Waals surface area contributed by atoms with Gasteiger partial charge in [-0.25, -0.2) is 15.0 Å². The second kappa shape index (κ2) is 13.4. The van der Waals surface area contributed by atoms with Crippen molar-refractivity contribution in [3.8, 4) is 85.1 Å². The first kappa shape index (κ1) is 33.4. The molecule has 11 rings (SSSR count). The highest BCUT2D eigenvalue weighted by Crippen LogP contribution is 2.62. The molecule has 1 aliphatic heterocycles. The molecule has 8 aromatic carbocycles. The Balaban J connectivity index is 1.10. The van der Waals surface area contributed by atoms with Gasteiger partial charge < -0.3 is 4.74 Å². The molecule has 0 bridgehead atoms. The Bertz CT molecular complexity index is 2990. The van der Waals surface area contributed by atoms with E-state index in [-0.39, 0.29) is 0 Å². The van der Waals surface area contributed by atoms with Crippen LogP contribution in [0.4, 0.5) is 0 Å². The van der Waals surface area contributed by atoms with E-state index in [1.165, 1.54) is 22.3 Å². The normalized spacial score (nSPS) is 12.7. The topological polar surface area (TPSA) is 71.7 Å². The molecule has 1 aromatic heterocycles. The standard InChI is InChI=1S/C53H32N4O/c54-33-34-22-24-35(25-23-34)39-26-28-48-46(31-39)53(44-20-9-7-18-42(44)43-19-8-10-21-45(43)53)47-32-40(27-29-49(47)58-48)38-16-11-17-41(30-38)52-56-50(36-12-3-1-4-13-36)55-51(57-52)37-14-5-2-6-15-37/h1-32H. The number of fused-ring (bicyclic) bond motifs is 9. The molecule has 58 heavy (non-hydrogen) atoms. The highest BCUT2D eigenvalue weighted by Gasteiger charge is 2.51. The van der Waals surface area contributed by atoms with E-state index in [0.717, 1.165) is 61.6 Å². The van der Waals surface area contributed by atoms with Crippen molar-refractivity contribution in [3.63, 3.8) is 0 Å². The van der Waals surface area contributed by atoms with E-state index in [1.807, 2.05) is 84.9 Å². The van der Waals surface area contributed by atoms with Crippen LogP contribution >= 0.6 is 0 Å². The van der Waals surface area contributed by atoms with Crippen LogP contribution in [-0.2, 0) is 5.41 Å². The molecule has 0 N–H and O–H groups in total. The summed E-state index contributed by atoms with van der Waals surface area (Å²) in [5, 5.41) is 9.49. The van der Waals surface area contributed by atoms with Gasteiger partial charge >= 0.3 is 0 Å². The van der Waals surface area contributed by atoms with Crippen molar-refractivity contribution < 1.29 is 4.74 Å². The summed E-state index contributed by atoms with van der Waals surface area (Å²) >= 11 is 0. The third-order valence-electron chi connectivity index (χ3n) is 11.4. The first-order valence-corrected chi connectivity index (χ1v) is 19.3. The molecule has 2 aliphatic rings. The highest BCUT2D eigenvalue weighted by atomic mass is 16.5. The lowest BCUT2D eigenvalue weighted by molar-refractivity contribution is 0.436. The summed E-state index contributed by atoms with van der Waals surface area (Å²) < 4.78 is 6.85. The largest absolute Gasteiger partial charge is 0.457 e. The van der Waals surface area contributed by atoms with Crippen molar-refractivity contribution in [2.24, 2.45) is 0 Å². The molecule has 0 radical (unpaired) electrons. The Labute approximate surface area is 336 Å². The first-order valence-electron chi connectivity index (χ1n) is 19.3. The van der Waals surface area contributed by atoms with E-state index < -0.39 is 5.41 Å². The van der Waals surface area contributed by atoms with Crippen molar-refractivity contribution in [1.82, 2.24) is 15.0 Å². The van der Waals surface area contributed by atoms with Crippen LogP contribution in [0.2, 0.25) is 0 Å². The maximum atomic E-state index is 9.49. The SMILES string of the molecule is N#Cc1ccc(-c2ccc3c(c2)C2(c4cc(-c5cccc(-c6nc(-c7ccccc7)nc(-c7ccccc7)n6)c5)ccc4O3)c3ccccc3-c3ccccc32)cc1. The first-order chi connectivity index (χ1) is 28.7. The van der Waals surface area contributed by atoms with Gasteiger partial charge in [-0.1, -0.05) is 152 Å². The zero-order valence-electron chi connectivity index (χ0n) is 31.2. The Kier molecular flexibility index (Phi) is 7.70. The quantitative estimate of drug-likeness (QED) is 0.176. The van der Waals surface area contributed by atoms with Gasteiger partial charge in [0.15, 0.2) is 17.5 Å². The maximum Gasteiger partial charge on any atom is 0.164 e. The van der Waals surface area contributed by atoms with Crippen LogP contribution < -0.4 is 4.74 Å². The average molecular weight is 741 g/mol. The number of ether oxygens (including phenoxy) is 1. The van der Waals surface area contributed by atoms with E-state index in [2.05, 4.69) is 115 Å². The smallest absolute Gasteiger partial charge is 0.164 e. The molecule has 1 spiro atoms. The van der Waals surface area contributed by atoms with Crippen LogP contribution in [0.3, 0.4) is 0 Å². The third-order valence-corrected chi connectivity index (χ3v) is 11.4. The molecule has 5 nitrogen and oxygen atoms in total. The molecule has 270 valence electrons. The van der Waals surface area contributed by atoms with Gasteiger partial charge in [-0.2, -0.15) is 5.26 Å². The molecular weight excluding hydrogens is 709 g/mol. The number of benzene rings is 8. The third kappa shape index (κ3) is 5.27. The lowest BCUT2D eigenvalue weighted by atomic mass is 9.65. The predicted molar refractivity (Wildman–Crippen MR) is 229 cm³/mol. The molecule has 0 unspecified atom stereocenters. The van der Waals surface area contributed by atoms with E-state index in [1.54, 1.807) is 0 Å². The van der Waals surface area contributed by atoms with Gasteiger partial charge in [0.1, 0.15) is 11.5 Å². The van der Waals surface area contributed by atoms with Crippen molar-refractivity contribution >= 4 is 0 Å². The van der Waals surface area contributed by atoms with Gasteiger partial charge in [0, 0.05) is 27.8 Å². The number of rotatable bonds is 5. The summed E-state index contributed by atoms with van der Waals surface area (Å²) in [5.74, 6) is 3.50. The van der Waals surface area contributed by atoms with Crippen molar-refractivity contribution in [2.45, 2.75) is 5.41 Å². The molecule has 2 heterocycles. The van der Waals surface area contributed by atoms with Crippen LogP contribution in [0.25, 0.3) is 67.5 Å². The molecule has 0 fully saturated rings. The number of nitriles is 1. The summed E-state index contributed by atoms with van der Waals surface area (Å²) in [6.07, 6.45) is 0. The fourth-order valence-corrected chi connectivity index (χ4v) is 8.77. The summed E-state index contributed by atoms with van der Waals surface area (Å²) in [6.45, 7) is 0. The van der Waals surface area contributed by atoms with E-state index in [9.17, 15) is 5.26 Å². The molecule has 0 amide bonds. The Morgan fingerprint density at radius 1 is 0.362 bits per heavy atom. The number of nitrogens with zero attached hydrogens (tertiary/aromatic N) is 4. The van der Waals surface area contributed by atoms with Crippen molar-refractivity contribution in [3.05, 3.63) is 222 Å². The average Bonchev–Trinajstić information content (AvgIpc) is 3.60. The second-order valence-corrected chi connectivity index (χ2v) is 14.7. The molecule has 0 saturated heterocycles. The van der Waals surface area contributed by atoms with E-state index >= 15 is 0 Å². The zero-order chi connectivity index (χ0) is 38.6. The fraction of sp³-hybridized carbons (Fsp3) is 0.0189. The summed E-state index contributed by atoms with van der Waals surface area (Å²) in [5.41, 5.74) is 13.9. The van der Waals surface area contributed by atoms with Crippen LogP contribution in [-0.4, -0.2) is 15.0 Å². The van der Waals surface area contributed by atoms with Crippen LogP contribution in [0.5, 0.6) is 11.5 Å². The summed E-state index contributed by atoms with van der Waals surface area (Å²) in [4.78, 5) is 15.0. The minimum atomic E-state index is -0.657. The molecule has 1 aliphatic carbocycles. The number of aromatic nitrogens is 3. The van der Waals surface area contributed by atoms with Gasteiger partial charge in [-0.3, -0.25) is 0 Å². The van der Waals surface area contributed by atoms with Gasteiger partial charge in [-0.15, -0.1) is 0 Å². The lowest BCUT2D eigenvalue weighted by Gasteiger charge is -2.40. The minimum Gasteiger partial charge on any atom is -0.457 e. The Morgan fingerprint density at radius 2 is 0.793 bits per heavy atom. The minimum absolute atomic E-state index is 0.607. The maximum absolute atomic E-state index is 9.49. The Morgan fingerprint density at radius 3 is 1.34 bits per heavy atom. The summed E-state index contributed by atoms with van der Waals surface area (Å²) in [6, 6.07) is 69.2. The predicted octanol–water partition coefficient (Wildman–Crippen LogP) is 12.5. The van der Waals surface area contributed by atoms with Crippen LogP contribution in [0, 0.1) is 11.3 Å². The fourth-order valence-electron chi connectivity index (χ4n) is 8.77. The summed E-state index contributed by atoms with van der Waals surface area (Å²) in [7, 11) is 0. The van der Waals surface area contributed by atoms with E-state index in [4.69, 9.17) is 19.7 Å². The molecule has 0 atom stereocenters. The van der Waals surface area contributed by atoms with Crippen molar-refractivity contribution in [1.29, 1.82) is 5.26 Å². The second-order valence-electron chi connectivity index (χ2n) is 14.7. The van der Waals surface area contributed by atoms with Gasteiger partial charge in [0.2, 0.25) is 0 Å². The Hall–Kier alpha value is -7.94. The molecular formula is C53H32N4O. The van der Waals surface area contributed by atoms with Crippen LogP contribution in [0.15, 0.2) is 194 Å².